The molecule has 2 N–H and O–H groups in total. The maximum Gasteiger partial charge on any atom is 0.246 e. The minimum atomic E-state index is -3.71. The average molecular weight is 393 g/mol. The minimum absolute atomic E-state index is 0.00274. The molecule has 146 valence electrons. The van der Waals surface area contributed by atoms with E-state index < -0.39 is 10.0 Å². The monoisotopic (exact) mass is 393 g/mol. The molecule has 0 radical (unpaired) electrons. The van der Waals surface area contributed by atoms with Crippen LogP contribution in [0.1, 0.15) is 13.3 Å². The highest BCUT2D eigenvalue weighted by atomic mass is 32.2. The molecule has 0 fully saturated rings. The van der Waals surface area contributed by atoms with Gasteiger partial charge >= 0.3 is 0 Å². The van der Waals surface area contributed by atoms with Gasteiger partial charge in [0.2, 0.25) is 21.9 Å². The Morgan fingerprint density at radius 3 is 2.56 bits per heavy atom. The lowest BCUT2D eigenvalue weighted by molar-refractivity contribution is -0.115. The number of rotatable bonds is 9. The quantitative estimate of drug-likeness (QED) is 0.665. The van der Waals surface area contributed by atoms with Crippen molar-refractivity contribution in [1.82, 2.24) is 14.3 Å². The van der Waals surface area contributed by atoms with Crippen LogP contribution in [0, 0.1) is 0 Å². The van der Waals surface area contributed by atoms with Gasteiger partial charge in [-0.1, -0.05) is 0 Å². The van der Waals surface area contributed by atoms with Crippen molar-refractivity contribution >= 4 is 27.6 Å². The Morgan fingerprint density at radius 1 is 1.22 bits per heavy atom. The second kappa shape index (κ2) is 9.28. The molecule has 27 heavy (non-hydrogen) atoms. The standard InChI is InChI=1S/C17H23N5O4S/c1-4-26-14-7-6-13(12-15(14)27(24,25)22(2)3)21-16(23)8-11-20-17-18-9-5-10-19-17/h5-7,9-10,12H,4,8,11H2,1-3H3,(H,21,23)(H,18,19,20). The van der Waals surface area contributed by atoms with Crippen LogP contribution >= 0.6 is 0 Å². The molecule has 0 spiro atoms. The maximum absolute atomic E-state index is 12.5. The Kier molecular flexibility index (Phi) is 7.08. The summed E-state index contributed by atoms with van der Waals surface area (Å²) in [4.78, 5) is 20.1. The average Bonchev–Trinajstić information content (AvgIpc) is 2.64. The third-order valence-corrected chi connectivity index (χ3v) is 5.32. The first-order valence-electron chi connectivity index (χ1n) is 8.34. The van der Waals surface area contributed by atoms with Gasteiger partial charge in [-0.25, -0.2) is 22.7 Å². The van der Waals surface area contributed by atoms with Crippen LogP contribution in [0.3, 0.4) is 0 Å². The van der Waals surface area contributed by atoms with Gasteiger partial charge in [-0.15, -0.1) is 0 Å². The third kappa shape index (κ3) is 5.63. The zero-order chi connectivity index (χ0) is 19.9. The number of hydrogen-bond donors (Lipinski definition) is 2. The molecular formula is C17H23N5O4S. The van der Waals surface area contributed by atoms with Gasteiger partial charge in [0, 0.05) is 45.1 Å². The van der Waals surface area contributed by atoms with Crippen LogP contribution in [0.2, 0.25) is 0 Å². The minimum Gasteiger partial charge on any atom is -0.492 e. The smallest absolute Gasteiger partial charge is 0.246 e. The molecule has 1 aromatic carbocycles. The molecule has 10 heteroatoms. The molecule has 9 nitrogen and oxygen atoms in total. The summed E-state index contributed by atoms with van der Waals surface area (Å²) in [5, 5.41) is 5.62. The number of sulfonamides is 1. The second-order valence-electron chi connectivity index (χ2n) is 5.68. The molecule has 0 unspecified atom stereocenters. The van der Waals surface area contributed by atoms with Crippen molar-refractivity contribution in [3.05, 3.63) is 36.7 Å². The van der Waals surface area contributed by atoms with Gasteiger partial charge in [-0.3, -0.25) is 4.79 Å². The van der Waals surface area contributed by atoms with Gasteiger partial charge < -0.3 is 15.4 Å². The summed E-state index contributed by atoms with van der Waals surface area (Å²) < 4.78 is 31.5. The molecule has 1 aromatic heterocycles. The fourth-order valence-corrected chi connectivity index (χ4v) is 3.21. The number of carbonyl (C=O) groups excluding carboxylic acids is 1. The highest BCUT2D eigenvalue weighted by Crippen LogP contribution is 2.29. The maximum atomic E-state index is 12.5. The summed E-state index contributed by atoms with van der Waals surface area (Å²) in [6, 6.07) is 6.23. The van der Waals surface area contributed by atoms with E-state index in [1.54, 1.807) is 31.5 Å². The number of ether oxygens (including phenoxy) is 1. The van der Waals surface area contributed by atoms with Crippen LogP contribution in [-0.4, -0.2) is 55.8 Å². The number of hydrogen-bond acceptors (Lipinski definition) is 7. The Balaban J connectivity index is 2.06. The highest BCUT2D eigenvalue weighted by molar-refractivity contribution is 7.89. The van der Waals surface area contributed by atoms with Crippen LogP contribution in [0.15, 0.2) is 41.6 Å². The van der Waals surface area contributed by atoms with E-state index in [1.165, 1.54) is 26.2 Å². The molecular weight excluding hydrogens is 370 g/mol. The van der Waals surface area contributed by atoms with Crippen LogP contribution in [0.4, 0.5) is 11.6 Å². The van der Waals surface area contributed by atoms with Crippen molar-refractivity contribution < 1.29 is 17.9 Å². The fourth-order valence-electron chi connectivity index (χ4n) is 2.16. The summed E-state index contributed by atoms with van der Waals surface area (Å²) in [6.45, 7) is 2.44. The summed E-state index contributed by atoms with van der Waals surface area (Å²) in [6.07, 6.45) is 3.37. The molecule has 2 rings (SSSR count). The van der Waals surface area contributed by atoms with E-state index in [2.05, 4.69) is 20.6 Å². The van der Waals surface area contributed by atoms with E-state index >= 15 is 0 Å². The third-order valence-electron chi connectivity index (χ3n) is 3.49. The predicted molar refractivity (Wildman–Crippen MR) is 102 cm³/mol. The van der Waals surface area contributed by atoms with Crippen LogP contribution in [0.25, 0.3) is 0 Å². The Labute approximate surface area is 158 Å². The normalized spacial score (nSPS) is 11.3. The number of aromatic nitrogens is 2. The lowest BCUT2D eigenvalue weighted by atomic mass is 10.3. The first-order valence-corrected chi connectivity index (χ1v) is 9.78. The van der Waals surface area contributed by atoms with Gasteiger partial charge in [0.25, 0.3) is 0 Å². The summed E-state index contributed by atoms with van der Waals surface area (Å²) in [5.74, 6) is 0.411. The van der Waals surface area contributed by atoms with Crippen molar-refractivity contribution in [2.75, 3.05) is 37.9 Å². The van der Waals surface area contributed by atoms with E-state index in [0.29, 0.717) is 24.8 Å². The van der Waals surface area contributed by atoms with Gasteiger partial charge in [0.1, 0.15) is 10.6 Å². The SMILES string of the molecule is CCOc1ccc(NC(=O)CCNc2ncccn2)cc1S(=O)(=O)N(C)C. The molecule has 2 aromatic rings. The molecule has 0 bridgehead atoms. The summed E-state index contributed by atoms with van der Waals surface area (Å²) in [5.41, 5.74) is 0.375. The van der Waals surface area contributed by atoms with E-state index in [4.69, 9.17) is 4.74 Å². The van der Waals surface area contributed by atoms with E-state index in [9.17, 15) is 13.2 Å². The van der Waals surface area contributed by atoms with Crippen LogP contribution < -0.4 is 15.4 Å². The number of nitrogens with one attached hydrogen (secondary N) is 2. The lowest BCUT2D eigenvalue weighted by Crippen LogP contribution is -2.23. The van der Waals surface area contributed by atoms with E-state index in [0.717, 1.165) is 4.31 Å². The van der Waals surface area contributed by atoms with E-state index in [-0.39, 0.29) is 23.0 Å². The zero-order valence-corrected chi connectivity index (χ0v) is 16.3. The fraction of sp³-hybridized carbons (Fsp3) is 0.353. The van der Waals surface area contributed by atoms with Crippen molar-refractivity contribution in [3.8, 4) is 5.75 Å². The predicted octanol–water partition coefficient (Wildman–Crippen LogP) is 1.57. The van der Waals surface area contributed by atoms with Crippen molar-refractivity contribution in [3.63, 3.8) is 0 Å². The summed E-state index contributed by atoms with van der Waals surface area (Å²) in [7, 11) is -0.837. The second-order valence-corrected chi connectivity index (χ2v) is 7.80. The number of benzene rings is 1. The Hall–Kier alpha value is -2.72. The number of carbonyl (C=O) groups is 1. The molecule has 1 heterocycles. The topological polar surface area (TPSA) is 114 Å². The zero-order valence-electron chi connectivity index (χ0n) is 15.5. The summed E-state index contributed by atoms with van der Waals surface area (Å²) >= 11 is 0. The van der Waals surface area contributed by atoms with Crippen molar-refractivity contribution in [1.29, 1.82) is 0 Å². The molecule has 0 atom stereocenters. The first kappa shape index (κ1) is 20.6. The van der Waals surface area contributed by atoms with Crippen LogP contribution in [0.5, 0.6) is 5.75 Å². The Morgan fingerprint density at radius 2 is 1.93 bits per heavy atom. The van der Waals surface area contributed by atoms with Crippen LogP contribution in [-0.2, 0) is 14.8 Å². The van der Waals surface area contributed by atoms with Crippen molar-refractivity contribution in [2.24, 2.45) is 0 Å². The van der Waals surface area contributed by atoms with Gasteiger partial charge in [-0.05, 0) is 31.2 Å². The number of nitrogens with zero attached hydrogens (tertiary/aromatic N) is 3. The van der Waals surface area contributed by atoms with E-state index in [1.807, 2.05) is 0 Å². The number of anilines is 2. The molecule has 0 saturated heterocycles. The van der Waals surface area contributed by atoms with Gasteiger partial charge in [0.05, 0.1) is 6.61 Å². The molecule has 0 aliphatic carbocycles. The first-order chi connectivity index (χ1) is 12.8. The lowest BCUT2D eigenvalue weighted by Gasteiger charge is -2.16. The molecule has 0 saturated carbocycles. The number of amides is 1. The molecule has 1 amide bonds. The molecule has 0 aliphatic heterocycles. The molecule has 0 aliphatic rings. The van der Waals surface area contributed by atoms with Crippen molar-refractivity contribution in [2.45, 2.75) is 18.2 Å². The van der Waals surface area contributed by atoms with Gasteiger partial charge in [-0.2, -0.15) is 0 Å². The Bertz CT molecular complexity index is 872. The largest absolute Gasteiger partial charge is 0.492 e. The highest BCUT2D eigenvalue weighted by Gasteiger charge is 2.23. The van der Waals surface area contributed by atoms with Gasteiger partial charge in [0.15, 0.2) is 0 Å².